The van der Waals surface area contributed by atoms with Gasteiger partial charge in [-0.15, -0.1) is 0 Å². The third kappa shape index (κ3) is 8.03. The Balaban J connectivity index is 1.30. The van der Waals surface area contributed by atoms with Crippen LogP contribution in [-0.2, 0) is 18.3 Å². The number of nitrogens with zero attached hydrogens (tertiary/aromatic N) is 2. The van der Waals surface area contributed by atoms with Gasteiger partial charge in [-0.2, -0.15) is 26.3 Å². The van der Waals surface area contributed by atoms with Crippen molar-refractivity contribution in [1.82, 2.24) is 19.8 Å². The van der Waals surface area contributed by atoms with Crippen LogP contribution >= 0.6 is 0 Å². The second-order valence-electron chi connectivity index (χ2n) is 12.9. The van der Waals surface area contributed by atoms with E-state index >= 15 is 0 Å². The van der Waals surface area contributed by atoms with Crippen LogP contribution in [0.5, 0.6) is 0 Å². The zero-order valence-corrected chi connectivity index (χ0v) is 29.6. The number of rotatable bonds is 9. The standard InChI is InChI=1S/C40H28F8N4O5/c1-38(41,42)30-20-24-18-22(4-14-32(24)52(37(30)57)28-11-7-26(8-12-28)40(46,47)48)35(55)50-16-15-33(53)29-19-23-17-21(34(54)49-2)3-13-31(23)51(36(29)56)27-9-5-25(6-10-27)39(43,44)45/h3-14,17-20H,15-16H2,1-2H3,(H,49,54)(H,50,55). The predicted molar refractivity (Wildman–Crippen MR) is 193 cm³/mol. The highest BCUT2D eigenvalue weighted by atomic mass is 19.4. The molecule has 0 aliphatic heterocycles. The van der Waals surface area contributed by atoms with E-state index in [2.05, 4.69) is 10.6 Å². The Morgan fingerprint density at radius 1 is 0.596 bits per heavy atom. The summed E-state index contributed by atoms with van der Waals surface area (Å²) in [6.45, 7) is 0.115. The minimum absolute atomic E-state index is 0.000286. The van der Waals surface area contributed by atoms with Crippen molar-refractivity contribution in [2.45, 2.75) is 31.6 Å². The molecule has 2 aromatic heterocycles. The van der Waals surface area contributed by atoms with Gasteiger partial charge < -0.3 is 10.6 Å². The fourth-order valence-electron chi connectivity index (χ4n) is 6.22. The van der Waals surface area contributed by atoms with E-state index in [4.69, 9.17) is 0 Å². The van der Waals surface area contributed by atoms with E-state index in [1.165, 1.54) is 49.5 Å². The Kier molecular flexibility index (Phi) is 10.4. The molecule has 2 heterocycles. The first-order chi connectivity index (χ1) is 26.7. The molecule has 0 spiro atoms. The van der Waals surface area contributed by atoms with Gasteiger partial charge in [-0.25, -0.2) is 8.78 Å². The Labute approximate surface area is 316 Å². The topological polar surface area (TPSA) is 119 Å². The van der Waals surface area contributed by atoms with Gasteiger partial charge in [0.1, 0.15) is 0 Å². The van der Waals surface area contributed by atoms with Crippen molar-refractivity contribution in [2.24, 2.45) is 0 Å². The van der Waals surface area contributed by atoms with Gasteiger partial charge in [0.2, 0.25) is 0 Å². The average molecular weight is 797 g/mol. The first-order valence-corrected chi connectivity index (χ1v) is 16.9. The van der Waals surface area contributed by atoms with Crippen LogP contribution in [0.4, 0.5) is 35.1 Å². The minimum atomic E-state index is -4.70. The van der Waals surface area contributed by atoms with Crippen molar-refractivity contribution in [3.63, 3.8) is 0 Å². The van der Waals surface area contributed by atoms with E-state index in [1.54, 1.807) is 0 Å². The normalized spacial score (nSPS) is 12.2. The molecule has 4 aromatic carbocycles. The van der Waals surface area contributed by atoms with Gasteiger partial charge in [-0.3, -0.25) is 33.1 Å². The van der Waals surface area contributed by atoms with Crippen molar-refractivity contribution in [1.29, 1.82) is 0 Å². The molecule has 0 fully saturated rings. The van der Waals surface area contributed by atoms with E-state index in [1.807, 2.05) is 0 Å². The van der Waals surface area contributed by atoms with E-state index in [-0.39, 0.29) is 50.9 Å². The number of alkyl halides is 8. The molecule has 6 aromatic rings. The molecular formula is C40H28F8N4O5. The number of Topliss-reactive ketones (excluding diaryl/α,β-unsaturated/α-hetero) is 1. The number of ketones is 1. The van der Waals surface area contributed by atoms with Gasteiger partial charge in [0.15, 0.2) is 5.78 Å². The summed E-state index contributed by atoms with van der Waals surface area (Å²) >= 11 is 0. The number of hydrogen-bond acceptors (Lipinski definition) is 5. The van der Waals surface area contributed by atoms with E-state index in [0.29, 0.717) is 19.1 Å². The number of aromatic nitrogens is 2. The van der Waals surface area contributed by atoms with E-state index < -0.39 is 75.7 Å². The molecule has 294 valence electrons. The molecule has 0 bridgehead atoms. The maximum atomic E-state index is 14.6. The highest BCUT2D eigenvalue weighted by Crippen LogP contribution is 2.33. The number of pyridine rings is 2. The first kappa shape index (κ1) is 40.0. The van der Waals surface area contributed by atoms with Gasteiger partial charge in [-0.1, -0.05) is 0 Å². The largest absolute Gasteiger partial charge is 0.416 e. The Morgan fingerprint density at radius 2 is 1.05 bits per heavy atom. The summed E-state index contributed by atoms with van der Waals surface area (Å²) in [5.74, 6) is -5.74. The molecule has 6 rings (SSSR count). The van der Waals surface area contributed by atoms with Gasteiger partial charge in [0.05, 0.1) is 33.3 Å². The van der Waals surface area contributed by atoms with Crippen LogP contribution in [-0.4, -0.2) is 40.3 Å². The molecule has 0 aliphatic carbocycles. The number of hydrogen-bond donors (Lipinski definition) is 2. The minimum Gasteiger partial charge on any atom is -0.355 e. The third-order valence-corrected chi connectivity index (χ3v) is 9.07. The molecule has 2 amide bonds. The number of carbonyl (C=O) groups excluding carboxylic acids is 3. The van der Waals surface area contributed by atoms with Gasteiger partial charge >= 0.3 is 12.4 Å². The second kappa shape index (κ2) is 14.8. The third-order valence-electron chi connectivity index (χ3n) is 9.07. The fraction of sp³-hybridized carbons (Fsp3) is 0.175. The van der Waals surface area contributed by atoms with E-state index in [0.717, 1.165) is 51.6 Å². The van der Waals surface area contributed by atoms with Crippen LogP contribution in [0.15, 0.2) is 107 Å². The predicted octanol–water partition coefficient (Wildman–Crippen LogP) is 7.81. The summed E-state index contributed by atoms with van der Waals surface area (Å²) < 4.78 is 110. The van der Waals surface area contributed by atoms with Crippen LogP contribution in [0.3, 0.4) is 0 Å². The van der Waals surface area contributed by atoms with Crippen LogP contribution in [0.2, 0.25) is 0 Å². The summed E-state index contributed by atoms with van der Waals surface area (Å²) in [7, 11) is 1.39. The average Bonchev–Trinajstić information content (AvgIpc) is 3.15. The molecule has 0 aliphatic rings. The lowest BCUT2D eigenvalue weighted by Gasteiger charge is -2.17. The maximum Gasteiger partial charge on any atom is 0.416 e. The lowest BCUT2D eigenvalue weighted by Crippen LogP contribution is -2.30. The highest BCUT2D eigenvalue weighted by molar-refractivity contribution is 6.03. The smallest absolute Gasteiger partial charge is 0.355 e. The van der Waals surface area contributed by atoms with Crippen LogP contribution in [0, 0.1) is 0 Å². The van der Waals surface area contributed by atoms with Crippen LogP contribution < -0.4 is 21.8 Å². The van der Waals surface area contributed by atoms with Crippen LogP contribution in [0.25, 0.3) is 33.2 Å². The number of halogens is 8. The highest BCUT2D eigenvalue weighted by Gasteiger charge is 2.33. The molecule has 0 saturated heterocycles. The first-order valence-electron chi connectivity index (χ1n) is 16.9. The summed E-state index contributed by atoms with van der Waals surface area (Å²) in [4.78, 5) is 66.1. The number of carbonyl (C=O) groups is 3. The van der Waals surface area contributed by atoms with Crippen molar-refractivity contribution in [2.75, 3.05) is 13.6 Å². The Bertz CT molecular complexity index is 2700. The van der Waals surface area contributed by atoms with Crippen molar-refractivity contribution < 1.29 is 49.5 Å². The molecule has 9 nitrogen and oxygen atoms in total. The quantitative estimate of drug-likeness (QED) is 0.114. The van der Waals surface area contributed by atoms with Gasteiger partial charge in [-0.05, 0) is 97.1 Å². The Morgan fingerprint density at radius 3 is 1.51 bits per heavy atom. The second-order valence-corrected chi connectivity index (χ2v) is 12.9. The number of amides is 2. The van der Waals surface area contributed by atoms with Gasteiger partial charge in [0.25, 0.3) is 28.9 Å². The molecule has 2 N–H and O–H groups in total. The zero-order valence-electron chi connectivity index (χ0n) is 29.6. The molecule has 0 atom stereocenters. The lowest BCUT2D eigenvalue weighted by molar-refractivity contribution is -0.138. The molecule has 0 unspecified atom stereocenters. The zero-order chi connectivity index (χ0) is 41.6. The fourth-order valence-corrected chi connectivity index (χ4v) is 6.22. The summed E-state index contributed by atoms with van der Waals surface area (Å²) in [6, 6.07) is 16.9. The van der Waals surface area contributed by atoms with Crippen molar-refractivity contribution in [3.8, 4) is 11.4 Å². The maximum absolute atomic E-state index is 14.6. The molecule has 0 saturated carbocycles. The van der Waals surface area contributed by atoms with Crippen molar-refractivity contribution >= 4 is 39.4 Å². The summed E-state index contributed by atoms with van der Waals surface area (Å²) in [6.07, 6.45) is -9.81. The monoisotopic (exact) mass is 796 g/mol. The molecule has 57 heavy (non-hydrogen) atoms. The molecule has 0 radical (unpaired) electrons. The number of fused-ring (bicyclic) bond motifs is 2. The van der Waals surface area contributed by atoms with Gasteiger partial charge in [0, 0.05) is 60.2 Å². The SMILES string of the molecule is CNC(=O)c1ccc2c(c1)cc(C(=O)CCNC(=O)c1ccc3c(c1)cc(C(C)(F)F)c(=O)n3-c1ccc(C(F)(F)F)cc1)c(=O)n2-c1ccc(C(F)(F)F)cc1. The van der Waals surface area contributed by atoms with Crippen LogP contribution in [0.1, 0.15) is 61.1 Å². The number of benzene rings is 4. The van der Waals surface area contributed by atoms with Crippen molar-refractivity contribution in [3.05, 3.63) is 151 Å². The number of nitrogens with one attached hydrogen (secondary N) is 2. The van der Waals surface area contributed by atoms with E-state index in [9.17, 15) is 59.1 Å². The summed E-state index contributed by atoms with van der Waals surface area (Å²) in [5.41, 5.74) is -5.37. The summed E-state index contributed by atoms with van der Waals surface area (Å²) in [5, 5.41) is 5.13. The lowest BCUT2D eigenvalue weighted by atomic mass is 10.0. The molecule has 17 heteroatoms. The Hall–Kier alpha value is -6.65. The molecular weight excluding hydrogens is 768 g/mol.